The maximum atomic E-state index is 12.3. The Labute approximate surface area is 114 Å². The predicted octanol–water partition coefficient (Wildman–Crippen LogP) is 1.48. The zero-order valence-electron chi connectivity index (χ0n) is 11.7. The molecule has 0 radical (unpaired) electrons. The van der Waals surface area contributed by atoms with Gasteiger partial charge in [0, 0.05) is 18.7 Å². The Morgan fingerprint density at radius 2 is 2.21 bits per heavy atom. The highest BCUT2D eigenvalue weighted by atomic mass is 16.5. The summed E-state index contributed by atoms with van der Waals surface area (Å²) in [6.45, 7) is 6.42. The molecule has 1 aromatic carbocycles. The number of benzene rings is 1. The number of rotatable bonds is 4. The second-order valence-electron chi connectivity index (χ2n) is 4.98. The molecule has 0 aliphatic carbocycles. The number of hydrogen-bond acceptors (Lipinski definition) is 4. The molecule has 0 unspecified atom stereocenters. The second kappa shape index (κ2) is 6.68. The molecule has 1 aromatic rings. The van der Waals surface area contributed by atoms with Crippen molar-refractivity contribution < 1.29 is 9.53 Å². The largest absolute Gasteiger partial charge is 0.497 e. The van der Waals surface area contributed by atoms with E-state index in [2.05, 4.69) is 10.2 Å². The van der Waals surface area contributed by atoms with Crippen molar-refractivity contribution in [3.05, 3.63) is 29.3 Å². The van der Waals surface area contributed by atoms with Crippen LogP contribution in [-0.4, -0.2) is 50.5 Å². The van der Waals surface area contributed by atoms with Gasteiger partial charge in [0.05, 0.1) is 13.7 Å². The third kappa shape index (κ3) is 3.78. The van der Waals surface area contributed by atoms with Crippen molar-refractivity contribution in [3.63, 3.8) is 0 Å². The quantitative estimate of drug-likeness (QED) is 0.835. The van der Waals surface area contributed by atoms with E-state index >= 15 is 0 Å². The second-order valence-corrected chi connectivity index (χ2v) is 4.98. The summed E-state index contributed by atoms with van der Waals surface area (Å²) >= 11 is 0. The summed E-state index contributed by atoms with van der Waals surface area (Å²) in [5, 5.41) is 3.35. The molecule has 1 aliphatic rings. The first-order chi connectivity index (χ1) is 9.20. The van der Waals surface area contributed by atoms with Crippen molar-refractivity contribution in [2.75, 3.05) is 39.8 Å². The summed E-state index contributed by atoms with van der Waals surface area (Å²) in [5.41, 5.74) is 1.79. The monoisotopic (exact) mass is 262 g/mol. The van der Waals surface area contributed by atoms with Crippen molar-refractivity contribution in [1.82, 2.24) is 10.2 Å². The average molecular weight is 262 g/mol. The molecule has 104 valence electrons. The summed E-state index contributed by atoms with van der Waals surface area (Å²) in [6, 6.07) is 5.63. The first-order valence-corrected chi connectivity index (χ1v) is 6.81. The van der Waals surface area contributed by atoms with Gasteiger partial charge in [-0.1, -0.05) is 0 Å². The molecule has 1 fully saturated rings. The van der Waals surface area contributed by atoms with E-state index in [1.165, 1.54) is 0 Å². The topological polar surface area (TPSA) is 41.6 Å². The van der Waals surface area contributed by atoms with Crippen LogP contribution >= 0.6 is 0 Å². The van der Waals surface area contributed by atoms with Crippen molar-refractivity contribution >= 4 is 5.78 Å². The number of carbonyl (C=O) groups is 1. The number of nitrogens with zero attached hydrogens (tertiary/aromatic N) is 1. The van der Waals surface area contributed by atoms with E-state index < -0.39 is 0 Å². The van der Waals surface area contributed by atoms with Crippen molar-refractivity contribution in [2.45, 2.75) is 13.3 Å². The Morgan fingerprint density at radius 1 is 1.37 bits per heavy atom. The molecule has 1 N–H and O–H groups in total. The molecule has 0 amide bonds. The lowest BCUT2D eigenvalue weighted by Crippen LogP contribution is -2.33. The Morgan fingerprint density at radius 3 is 2.95 bits per heavy atom. The van der Waals surface area contributed by atoms with E-state index in [0.717, 1.165) is 49.5 Å². The van der Waals surface area contributed by atoms with Gasteiger partial charge in [0.1, 0.15) is 5.75 Å². The molecular formula is C15H22N2O2. The zero-order chi connectivity index (χ0) is 13.7. The molecule has 19 heavy (non-hydrogen) atoms. The van der Waals surface area contributed by atoms with Gasteiger partial charge in [0.25, 0.3) is 0 Å². The van der Waals surface area contributed by atoms with Gasteiger partial charge in [-0.15, -0.1) is 0 Å². The van der Waals surface area contributed by atoms with E-state index in [1.54, 1.807) is 7.11 Å². The molecule has 4 nitrogen and oxygen atoms in total. The molecule has 0 bridgehead atoms. The number of ketones is 1. The highest BCUT2D eigenvalue weighted by molar-refractivity contribution is 5.99. The lowest BCUT2D eigenvalue weighted by molar-refractivity contribution is 0.0934. The SMILES string of the molecule is COc1ccc(C(=O)CN2CCCNCC2)c(C)c1. The van der Waals surface area contributed by atoms with Crippen LogP contribution in [0.5, 0.6) is 5.75 Å². The van der Waals surface area contributed by atoms with Crippen LogP contribution in [0.1, 0.15) is 22.3 Å². The third-order valence-corrected chi connectivity index (χ3v) is 3.53. The van der Waals surface area contributed by atoms with Crippen LogP contribution in [0.2, 0.25) is 0 Å². The summed E-state index contributed by atoms with van der Waals surface area (Å²) in [7, 11) is 1.64. The van der Waals surface area contributed by atoms with Gasteiger partial charge in [0.2, 0.25) is 0 Å². The van der Waals surface area contributed by atoms with E-state index in [-0.39, 0.29) is 5.78 Å². The molecule has 0 saturated carbocycles. The van der Waals surface area contributed by atoms with Crippen molar-refractivity contribution in [1.29, 1.82) is 0 Å². The first-order valence-electron chi connectivity index (χ1n) is 6.81. The number of carbonyl (C=O) groups excluding carboxylic acids is 1. The molecule has 0 spiro atoms. The standard InChI is InChI=1S/C15H22N2O2/c1-12-10-13(19-2)4-5-14(12)15(18)11-17-8-3-6-16-7-9-17/h4-5,10,16H,3,6-9,11H2,1-2H3. The van der Waals surface area contributed by atoms with Gasteiger partial charge in [0.15, 0.2) is 5.78 Å². The van der Waals surface area contributed by atoms with Crippen LogP contribution in [0.4, 0.5) is 0 Å². The lowest BCUT2D eigenvalue weighted by atomic mass is 10.0. The van der Waals surface area contributed by atoms with E-state index in [1.807, 2.05) is 25.1 Å². The Bertz CT molecular complexity index is 438. The summed E-state index contributed by atoms with van der Waals surface area (Å²) in [6.07, 6.45) is 1.11. The fourth-order valence-electron chi connectivity index (χ4n) is 2.42. The smallest absolute Gasteiger partial charge is 0.177 e. The van der Waals surface area contributed by atoms with E-state index in [9.17, 15) is 4.79 Å². The minimum Gasteiger partial charge on any atom is -0.497 e. The van der Waals surface area contributed by atoms with Crippen LogP contribution in [0.3, 0.4) is 0 Å². The van der Waals surface area contributed by atoms with Crippen molar-refractivity contribution in [2.24, 2.45) is 0 Å². The fraction of sp³-hybridized carbons (Fsp3) is 0.533. The van der Waals surface area contributed by atoms with E-state index in [4.69, 9.17) is 4.74 Å². The van der Waals surface area contributed by atoms with Gasteiger partial charge in [-0.05, 0) is 50.2 Å². The Hall–Kier alpha value is -1.39. The molecule has 4 heteroatoms. The molecule has 0 aromatic heterocycles. The molecular weight excluding hydrogens is 240 g/mol. The molecule has 2 rings (SSSR count). The van der Waals surface area contributed by atoms with E-state index in [0.29, 0.717) is 6.54 Å². The molecule has 1 heterocycles. The van der Waals surface area contributed by atoms with Gasteiger partial charge >= 0.3 is 0 Å². The molecule has 0 atom stereocenters. The predicted molar refractivity (Wildman–Crippen MR) is 76.0 cm³/mol. The van der Waals surface area contributed by atoms with Gasteiger partial charge in [-0.2, -0.15) is 0 Å². The summed E-state index contributed by atoms with van der Waals surface area (Å²) in [4.78, 5) is 14.6. The fourth-order valence-corrected chi connectivity index (χ4v) is 2.42. The highest BCUT2D eigenvalue weighted by Crippen LogP contribution is 2.17. The summed E-state index contributed by atoms with van der Waals surface area (Å²) in [5.74, 6) is 0.995. The summed E-state index contributed by atoms with van der Waals surface area (Å²) < 4.78 is 5.17. The zero-order valence-corrected chi connectivity index (χ0v) is 11.7. The van der Waals surface area contributed by atoms with Gasteiger partial charge < -0.3 is 10.1 Å². The van der Waals surface area contributed by atoms with Gasteiger partial charge in [-0.3, -0.25) is 9.69 Å². The minimum atomic E-state index is 0.196. The van der Waals surface area contributed by atoms with Gasteiger partial charge in [-0.25, -0.2) is 0 Å². The molecule has 1 aliphatic heterocycles. The van der Waals surface area contributed by atoms with Crippen LogP contribution < -0.4 is 10.1 Å². The average Bonchev–Trinajstić information content (AvgIpc) is 2.67. The maximum Gasteiger partial charge on any atom is 0.177 e. The number of nitrogens with one attached hydrogen (secondary N) is 1. The van der Waals surface area contributed by atoms with Crippen molar-refractivity contribution in [3.8, 4) is 5.75 Å². The molecule has 1 saturated heterocycles. The van der Waals surface area contributed by atoms with Crippen LogP contribution in [0, 0.1) is 6.92 Å². The van der Waals surface area contributed by atoms with Crippen LogP contribution in [0.15, 0.2) is 18.2 Å². The minimum absolute atomic E-state index is 0.196. The Kier molecular flexibility index (Phi) is 4.93. The number of ether oxygens (including phenoxy) is 1. The highest BCUT2D eigenvalue weighted by Gasteiger charge is 2.15. The Balaban J connectivity index is 2.02. The maximum absolute atomic E-state index is 12.3. The number of hydrogen-bond donors (Lipinski definition) is 1. The number of aryl methyl sites for hydroxylation is 1. The number of Topliss-reactive ketones (excluding diaryl/α,β-unsaturated/α-hetero) is 1. The lowest BCUT2D eigenvalue weighted by Gasteiger charge is -2.19. The third-order valence-electron chi connectivity index (χ3n) is 3.53. The van der Waals surface area contributed by atoms with Crippen LogP contribution in [0.25, 0.3) is 0 Å². The number of methoxy groups -OCH3 is 1. The first kappa shape index (κ1) is 14.0. The van der Waals surface area contributed by atoms with Crippen LogP contribution in [-0.2, 0) is 0 Å². The normalized spacial score (nSPS) is 16.9.